The molecule has 25 heavy (non-hydrogen) atoms. The molecule has 136 valence electrons. The Balaban J connectivity index is 1.57. The Morgan fingerprint density at radius 3 is 2.72 bits per heavy atom. The van der Waals surface area contributed by atoms with E-state index in [1.54, 1.807) is 4.90 Å². The van der Waals surface area contributed by atoms with Gasteiger partial charge in [0.2, 0.25) is 5.91 Å². The van der Waals surface area contributed by atoms with Crippen molar-refractivity contribution in [3.05, 3.63) is 24.3 Å². The first-order chi connectivity index (χ1) is 12.1. The van der Waals surface area contributed by atoms with Crippen LogP contribution in [0.3, 0.4) is 0 Å². The van der Waals surface area contributed by atoms with Crippen molar-refractivity contribution in [1.82, 2.24) is 10.2 Å². The summed E-state index contributed by atoms with van der Waals surface area (Å²) in [5.74, 6) is 1.38. The second kappa shape index (κ2) is 7.76. The molecule has 3 amide bonds. The van der Waals surface area contributed by atoms with E-state index in [1.807, 2.05) is 36.1 Å². The maximum atomic E-state index is 12.4. The van der Waals surface area contributed by atoms with Gasteiger partial charge in [-0.2, -0.15) is 0 Å². The molecule has 1 aromatic rings. The number of ether oxygens (including phenoxy) is 1. The van der Waals surface area contributed by atoms with Crippen LogP contribution in [0, 0.1) is 5.92 Å². The first kappa shape index (κ1) is 17.6. The van der Waals surface area contributed by atoms with E-state index < -0.39 is 0 Å². The normalized spacial score (nSPS) is 23.7. The topological polar surface area (TPSA) is 61.9 Å². The van der Waals surface area contributed by atoms with Crippen LogP contribution in [-0.2, 0) is 4.79 Å². The second-order valence-electron chi connectivity index (χ2n) is 6.98. The number of nitrogens with zero attached hydrogens (tertiary/aromatic N) is 2. The minimum absolute atomic E-state index is 0.0430. The van der Waals surface area contributed by atoms with Crippen LogP contribution in [0.1, 0.15) is 33.1 Å². The van der Waals surface area contributed by atoms with Gasteiger partial charge in [0.1, 0.15) is 5.75 Å². The third kappa shape index (κ3) is 4.24. The second-order valence-corrected chi connectivity index (χ2v) is 6.98. The van der Waals surface area contributed by atoms with Crippen LogP contribution >= 0.6 is 0 Å². The van der Waals surface area contributed by atoms with Crippen LogP contribution in [0.4, 0.5) is 10.5 Å². The smallest absolute Gasteiger partial charge is 0.317 e. The predicted molar refractivity (Wildman–Crippen MR) is 96.9 cm³/mol. The van der Waals surface area contributed by atoms with Gasteiger partial charge in [-0.15, -0.1) is 0 Å². The van der Waals surface area contributed by atoms with Gasteiger partial charge in [0.15, 0.2) is 0 Å². The summed E-state index contributed by atoms with van der Waals surface area (Å²) >= 11 is 0. The van der Waals surface area contributed by atoms with E-state index in [0.717, 1.165) is 30.9 Å². The Morgan fingerprint density at radius 1 is 1.28 bits per heavy atom. The summed E-state index contributed by atoms with van der Waals surface area (Å²) in [5, 5.41) is 3.03. The zero-order chi connectivity index (χ0) is 17.8. The number of hydrogen-bond donors (Lipinski definition) is 1. The molecule has 1 aromatic carbocycles. The average Bonchev–Trinajstić information content (AvgIpc) is 2.96. The highest BCUT2D eigenvalue weighted by atomic mass is 16.5. The highest BCUT2D eigenvalue weighted by Crippen LogP contribution is 2.24. The van der Waals surface area contributed by atoms with Crippen LogP contribution in [0.25, 0.3) is 0 Å². The first-order valence-electron chi connectivity index (χ1n) is 9.15. The Kier molecular flexibility index (Phi) is 5.46. The van der Waals surface area contributed by atoms with Crippen molar-refractivity contribution in [3.8, 4) is 5.75 Å². The maximum Gasteiger partial charge on any atom is 0.317 e. The Morgan fingerprint density at radius 2 is 2.04 bits per heavy atom. The lowest BCUT2D eigenvalue weighted by Crippen LogP contribution is -2.49. The SMILES string of the molecule is CCOc1ccc(N2C[C@H](NC(=O)N3CCC[C@H](C)C3)CC2=O)cc1. The molecule has 2 aliphatic heterocycles. The van der Waals surface area contributed by atoms with Crippen molar-refractivity contribution in [1.29, 1.82) is 0 Å². The van der Waals surface area contributed by atoms with Crippen LogP contribution in [0.15, 0.2) is 24.3 Å². The van der Waals surface area contributed by atoms with Crippen molar-refractivity contribution in [2.45, 2.75) is 39.2 Å². The van der Waals surface area contributed by atoms with E-state index in [-0.39, 0.29) is 18.0 Å². The van der Waals surface area contributed by atoms with Gasteiger partial charge in [0.05, 0.1) is 12.6 Å². The molecule has 2 aliphatic rings. The molecule has 0 spiro atoms. The standard InChI is InChI=1S/C19H27N3O3/c1-3-25-17-8-6-16(7-9-17)22-13-15(11-18(22)23)20-19(24)21-10-4-5-14(2)12-21/h6-9,14-15H,3-5,10-13H2,1-2H3,(H,20,24)/t14-,15+/m0/s1. The van der Waals surface area contributed by atoms with Crippen molar-refractivity contribution >= 4 is 17.6 Å². The number of anilines is 1. The monoisotopic (exact) mass is 345 g/mol. The number of carbonyl (C=O) groups is 2. The third-order valence-corrected chi connectivity index (χ3v) is 4.86. The molecule has 2 saturated heterocycles. The van der Waals surface area contributed by atoms with E-state index in [0.29, 0.717) is 25.5 Å². The highest BCUT2D eigenvalue weighted by Gasteiger charge is 2.33. The molecular weight excluding hydrogens is 318 g/mol. The molecule has 0 bridgehead atoms. The lowest BCUT2D eigenvalue weighted by molar-refractivity contribution is -0.117. The largest absolute Gasteiger partial charge is 0.494 e. The quantitative estimate of drug-likeness (QED) is 0.912. The first-order valence-corrected chi connectivity index (χ1v) is 9.15. The predicted octanol–water partition coefficient (Wildman–Crippen LogP) is 2.63. The Bertz CT molecular complexity index is 617. The molecule has 6 nitrogen and oxygen atoms in total. The summed E-state index contributed by atoms with van der Waals surface area (Å²) in [5.41, 5.74) is 0.844. The highest BCUT2D eigenvalue weighted by molar-refractivity contribution is 5.96. The Labute approximate surface area is 149 Å². The van der Waals surface area contributed by atoms with E-state index in [1.165, 1.54) is 6.42 Å². The summed E-state index contributed by atoms with van der Waals surface area (Å²) < 4.78 is 5.43. The number of likely N-dealkylation sites (tertiary alicyclic amines) is 1. The molecule has 0 aliphatic carbocycles. The molecular formula is C19H27N3O3. The third-order valence-electron chi connectivity index (χ3n) is 4.86. The van der Waals surface area contributed by atoms with E-state index >= 15 is 0 Å². The number of carbonyl (C=O) groups excluding carboxylic acids is 2. The van der Waals surface area contributed by atoms with Crippen molar-refractivity contribution < 1.29 is 14.3 Å². The summed E-state index contributed by atoms with van der Waals surface area (Å²) in [6.45, 7) is 6.85. The molecule has 2 fully saturated rings. The van der Waals surface area contributed by atoms with Crippen molar-refractivity contribution in [2.75, 3.05) is 31.1 Å². The number of amides is 3. The molecule has 0 unspecified atom stereocenters. The number of piperidine rings is 1. The fourth-order valence-electron chi connectivity index (χ4n) is 3.58. The zero-order valence-electron chi connectivity index (χ0n) is 15.0. The van der Waals surface area contributed by atoms with Crippen molar-refractivity contribution in [2.24, 2.45) is 5.92 Å². The number of benzene rings is 1. The minimum Gasteiger partial charge on any atom is -0.494 e. The van der Waals surface area contributed by atoms with Gasteiger partial charge in [0, 0.05) is 31.7 Å². The molecule has 0 aromatic heterocycles. The fourth-order valence-corrected chi connectivity index (χ4v) is 3.58. The molecule has 2 heterocycles. The molecule has 0 saturated carbocycles. The maximum absolute atomic E-state index is 12.4. The Hall–Kier alpha value is -2.24. The number of nitrogens with one attached hydrogen (secondary N) is 1. The summed E-state index contributed by atoms with van der Waals surface area (Å²) in [6, 6.07) is 7.33. The van der Waals surface area contributed by atoms with Crippen LogP contribution < -0.4 is 15.0 Å². The minimum atomic E-state index is -0.135. The van der Waals surface area contributed by atoms with Gasteiger partial charge >= 0.3 is 6.03 Å². The summed E-state index contributed by atoms with van der Waals surface area (Å²) in [6.07, 6.45) is 2.58. The number of rotatable bonds is 4. The van der Waals surface area contributed by atoms with Crippen molar-refractivity contribution in [3.63, 3.8) is 0 Å². The summed E-state index contributed by atoms with van der Waals surface area (Å²) in [7, 11) is 0. The molecule has 1 N–H and O–H groups in total. The number of urea groups is 1. The lowest BCUT2D eigenvalue weighted by Gasteiger charge is -2.31. The van der Waals surface area contributed by atoms with Gasteiger partial charge in [-0.05, 0) is 49.9 Å². The van der Waals surface area contributed by atoms with Gasteiger partial charge in [-0.25, -0.2) is 4.79 Å². The van der Waals surface area contributed by atoms with Gasteiger partial charge in [0.25, 0.3) is 0 Å². The molecule has 2 atom stereocenters. The van der Waals surface area contributed by atoms with E-state index in [4.69, 9.17) is 4.74 Å². The summed E-state index contributed by atoms with van der Waals surface area (Å²) in [4.78, 5) is 28.4. The van der Waals surface area contributed by atoms with Crippen LogP contribution in [-0.4, -0.2) is 49.1 Å². The van der Waals surface area contributed by atoms with E-state index in [2.05, 4.69) is 12.2 Å². The average molecular weight is 345 g/mol. The molecule has 3 rings (SSSR count). The molecule has 6 heteroatoms. The fraction of sp³-hybridized carbons (Fsp3) is 0.579. The van der Waals surface area contributed by atoms with Gasteiger partial charge in [-0.3, -0.25) is 4.79 Å². The molecule has 0 radical (unpaired) electrons. The van der Waals surface area contributed by atoms with Crippen LogP contribution in [0.2, 0.25) is 0 Å². The number of hydrogen-bond acceptors (Lipinski definition) is 3. The van der Waals surface area contributed by atoms with Gasteiger partial charge < -0.3 is 19.9 Å². The van der Waals surface area contributed by atoms with E-state index in [9.17, 15) is 9.59 Å². The van der Waals surface area contributed by atoms with Crippen LogP contribution in [0.5, 0.6) is 5.75 Å². The zero-order valence-corrected chi connectivity index (χ0v) is 15.0. The lowest BCUT2D eigenvalue weighted by atomic mass is 10.0. The van der Waals surface area contributed by atoms with Gasteiger partial charge in [-0.1, -0.05) is 6.92 Å².